The van der Waals surface area contributed by atoms with Gasteiger partial charge in [0.1, 0.15) is 11.4 Å². The van der Waals surface area contributed by atoms with Gasteiger partial charge in [-0.2, -0.15) is 0 Å². The number of ketones is 1. The van der Waals surface area contributed by atoms with Crippen LogP contribution in [0.1, 0.15) is 26.7 Å². The Balaban J connectivity index is 2.96. The number of benzene rings is 1. The first kappa shape index (κ1) is 16.9. The first-order valence-corrected chi connectivity index (χ1v) is 7.00. The second kappa shape index (κ2) is 8.89. The molecule has 1 atom stereocenters. The summed E-state index contributed by atoms with van der Waals surface area (Å²) in [6, 6.07) is 7.15. The molecule has 1 rings (SSSR count). The van der Waals surface area contributed by atoms with Crippen molar-refractivity contribution in [3.8, 4) is 5.75 Å². The van der Waals surface area contributed by atoms with Gasteiger partial charge in [-0.1, -0.05) is 19.1 Å². The van der Waals surface area contributed by atoms with Crippen LogP contribution in [-0.4, -0.2) is 31.7 Å². The smallest absolute Gasteiger partial charge is 0.321 e. The summed E-state index contributed by atoms with van der Waals surface area (Å²) in [6.07, 6.45) is 2.34. The summed E-state index contributed by atoms with van der Waals surface area (Å²) < 4.78 is 10.1. The fraction of sp³-hybridized carbons (Fsp3) is 0.438. The molecular formula is C16H21NO4. The highest BCUT2D eigenvalue weighted by Gasteiger charge is 2.25. The van der Waals surface area contributed by atoms with E-state index in [1.54, 1.807) is 26.2 Å². The number of hydrogen-bond acceptors (Lipinski definition) is 5. The van der Waals surface area contributed by atoms with E-state index in [1.165, 1.54) is 6.21 Å². The first-order chi connectivity index (χ1) is 10.1. The largest absolute Gasteiger partial charge is 0.494 e. The number of ether oxygens (including phenoxy) is 2. The summed E-state index contributed by atoms with van der Waals surface area (Å²) in [4.78, 5) is 28.1. The molecule has 0 spiro atoms. The molecule has 1 aromatic carbocycles. The van der Waals surface area contributed by atoms with E-state index >= 15 is 0 Å². The molecular weight excluding hydrogens is 270 g/mol. The number of aliphatic imine (C=N–C) groups is 1. The van der Waals surface area contributed by atoms with Gasteiger partial charge in [0.15, 0.2) is 11.7 Å². The average Bonchev–Trinajstić information content (AvgIpc) is 2.48. The Hall–Kier alpha value is -2.17. The van der Waals surface area contributed by atoms with Crippen LogP contribution in [-0.2, 0) is 14.3 Å². The fourth-order valence-electron chi connectivity index (χ4n) is 1.80. The van der Waals surface area contributed by atoms with Crippen LogP contribution < -0.4 is 4.74 Å². The SMILES string of the molecule is CCCC(=O)C(C=Nc1ccccc1OC)C(=O)OCC. The normalized spacial score (nSPS) is 12.1. The average molecular weight is 291 g/mol. The zero-order valence-electron chi connectivity index (χ0n) is 12.7. The van der Waals surface area contributed by atoms with Crippen molar-refractivity contribution < 1.29 is 19.1 Å². The molecule has 0 aliphatic rings. The minimum absolute atomic E-state index is 0.186. The fourth-order valence-corrected chi connectivity index (χ4v) is 1.80. The lowest BCUT2D eigenvalue weighted by atomic mass is 10.0. The van der Waals surface area contributed by atoms with Crippen LogP contribution >= 0.6 is 0 Å². The molecule has 1 unspecified atom stereocenters. The van der Waals surface area contributed by atoms with Crippen LogP contribution in [0.25, 0.3) is 0 Å². The Kier molecular flexibility index (Phi) is 7.15. The monoisotopic (exact) mass is 291 g/mol. The molecule has 5 nitrogen and oxygen atoms in total. The summed E-state index contributed by atoms with van der Waals surface area (Å²) in [6.45, 7) is 3.82. The van der Waals surface area contributed by atoms with E-state index < -0.39 is 11.9 Å². The van der Waals surface area contributed by atoms with Gasteiger partial charge in [0.25, 0.3) is 0 Å². The van der Waals surface area contributed by atoms with E-state index in [9.17, 15) is 9.59 Å². The Labute approximate surface area is 125 Å². The van der Waals surface area contributed by atoms with E-state index in [1.807, 2.05) is 19.1 Å². The molecule has 0 amide bonds. The number of Topliss-reactive ketones (excluding diaryl/α,β-unsaturated/α-hetero) is 1. The number of hydrogen-bond donors (Lipinski definition) is 0. The Morgan fingerprint density at radius 3 is 2.62 bits per heavy atom. The maximum Gasteiger partial charge on any atom is 0.321 e. The molecule has 0 saturated carbocycles. The predicted molar refractivity (Wildman–Crippen MR) is 81.2 cm³/mol. The zero-order valence-corrected chi connectivity index (χ0v) is 12.7. The molecule has 0 aromatic heterocycles. The van der Waals surface area contributed by atoms with Gasteiger partial charge in [-0.3, -0.25) is 14.6 Å². The third-order valence-electron chi connectivity index (χ3n) is 2.83. The molecule has 0 aliphatic heterocycles. The summed E-state index contributed by atoms with van der Waals surface area (Å²) >= 11 is 0. The van der Waals surface area contributed by atoms with Gasteiger partial charge in [-0.25, -0.2) is 0 Å². The van der Waals surface area contributed by atoms with E-state index in [2.05, 4.69) is 4.99 Å². The van der Waals surface area contributed by atoms with E-state index in [0.29, 0.717) is 24.3 Å². The minimum Gasteiger partial charge on any atom is -0.494 e. The van der Waals surface area contributed by atoms with Gasteiger partial charge in [-0.15, -0.1) is 0 Å². The summed E-state index contributed by atoms with van der Waals surface area (Å²) in [5.74, 6) is -1.13. The zero-order chi connectivity index (χ0) is 15.7. The molecule has 0 bridgehead atoms. The lowest BCUT2D eigenvalue weighted by Gasteiger charge is -2.10. The van der Waals surface area contributed by atoms with E-state index in [0.717, 1.165) is 0 Å². The van der Waals surface area contributed by atoms with Crippen molar-refractivity contribution in [3.63, 3.8) is 0 Å². The van der Waals surface area contributed by atoms with Gasteiger partial charge >= 0.3 is 5.97 Å². The number of rotatable bonds is 8. The number of methoxy groups -OCH3 is 1. The van der Waals surface area contributed by atoms with Crippen molar-refractivity contribution in [3.05, 3.63) is 24.3 Å². The Morgan fingerprint density at radius 1 is 1.29 bits per heavy atom. The minimum atomic E-state index is -0.963. The molecule has 5 heteroatoms. The van der Waals surface area contributed by atoms with Gasteiger partial charge in [0.05, 0.1) is 13.7 Å². The van der Waals surface area contributed by atoms with Crippen molar-refractivity contribution in [2.24, 2.45) is 10.9 Å². The third kappa shape index (κ3) is 5.02. The second-order valence-corrected chi connectivity index (χ2v) is 4.40. The maximum atomic E-state index is 12.0. The van der Waals surface area contributed by atoms with Crippen molar-refractivity contribution in [2.75, 3.05) is 13.7 Å². The van der Waals surface area contributed by atoms with Gasteiger partial charge in [0.2, 0.25) is 0 Å². The molecule has 0 fully saturated rings. The molecule has 21 heavy (non-hydrogen) atoms. The maximum absolute atomic E-state index is 12.0. The van der Waals surface area contributed by atoms with Gasteiger partial charge in [-0.05, 0) is 25.5 Å². The molecule has 1 aromatic rings. The van der Waals surface area contributed by atoms with E-state index in [-0.39, 0.29) is 12.4 Å². The highest BCUT2D eigenvalue weighted by Crippen LogP contribution is 2.26. The van der Waals surface area contributed by atoms with Crippen LogP contribution in [0.5, 0.6) is 5.75 Å². The lowest BCUT2D eigenvalue weighted by molar-refractivity contribution is -0.148. The third-order valence-corrected chi connectivity index (χ3v) is 2.83. The number of para-hydroxylation sites is 2. The molecule has 0 N–H and O–H groups in total. The van der Waals surface area contributed by atoms with Crippen LogP contribution in [0.2, 0.25) is 0 Å². The van der Waals surface area contributed by atoms with Crippen LogP contribution in [0, 0.1) is 5.92 Å². The molecule has 0 radical (unpaired) electrons. The van der Waals surface area contributed by atoms with Gasteiger partial charge in [0, 0.05) is 12.6 Å². The van der Waals surface area contributed by atoms with Crippen molar-refractivity contribution in [1.29, 1.82) is 0 Å². The quantitative estimate of drug-likeness (QED) is 0.419. The Bertz CT molecular complexity index is 493. The highest BCUT2D eigenvalue weighted by atomic mass is 16.5. The van der Waals surface area contributed by atoms with Crippen molar-refractivity contribution >= 4 is 23.7 Å². The summed E-state index contributed by atoms with van der Waals surface area (Å²) in [5.41, 5.74) is 0.568. The number of carbonyl (C=O) groups excluding carboxylic acids is 2. The van der Waals surface area contributed by atoms with Crippen LogP contribution in [0.15, 0.2) is 29.3 Å². The van der Waals surface area contributed by atoms with Crippen LogP contribution in [0.4, 0.5) is 5.69 Å². The van der Waals surface area contributed by atoms with Crippen molar-refractivity contribution in [2.45, 2.75) is 26.7 Å². The lowest BCUT2D eigenvalue weighted by Crippen LogP contribution is -2.27. The molecule has 0 aliphatic carbocycles. The molecule has 0 heterocycles. The van der Waals surface area contributed by atoms with Crippen LogP contribution in [0.3, 0.4) is 0 Å². The highest BCUT2D eigenvalue weighted by molar-refractivity contribution is 6.12. The number of esters is 1. The number of carbonyl (C=O) groups is 2. The molecule has 114 valence electrons. The summed E-state index contributed by atoms with van der Waals surface area (Å²) in [7, 11) is 1.54. The standard InChI is InChI=1S/C16H21NO4/c1-4-8-14(18)12(16(19)21-5-2)11-17-13-9-6-7-10-15(13)20-3/h6-7,9-12H,4-5,8H2,1-3H3. The summed E-state index contributed by atoms with van der Waals surface area (Å²) in [5, 5.41) is 0. The van der Waals surface area contributed by atoms with E-state index in [4.69, 9.17) is 9.47 Å². The van der Waals surface area contributed by atoms with Crippen molar-refractivity contribution in [1.82, 2.24) is 0 Å². The predicted octanol–water partition coefficient (Wildman–Crippen LogP) is 2.95. The Morgan fingerprint density at radius 2 is 2.00 bits per heavy atom. The number of nitrogens with zero attached hydrogens (tertiary/aromatic N) is 1. The topological polar surface area (TPSA) is 65.0 Å². The molecule has 0 saturated heterocycles. The second-order valence-electron chi connectivity index (χ2n) is 4.40. The van der Waals surface area contributed by atoms with Gasteiger partial charge < -0.3 is 9.47 Å². The first-order valence-electron chi connectivity index (χ1n) is 7.00.